The minimum atomic E-state index is 0.489. The molecule has 0 N–H and O–H groups in total. The molecule has 0 amide bonds. The van der Waals surface area contributed by atoms with Gasteiger partial charge >= 0.3 is 0 Å². The van der Waals surface area contributed by atoms with Crippen LogP contribution in [0.1, 0.15) is 20.3 Å². The fraction of sp³-hybridized carbons (Fsp3) is 0.818. The van der Waals surface area contributed by atoms with Gasteiger partial charge in [-0.15, -0.1) is 0 Å². The zero-order valence-corrected chi connectivity index (χ0v) is 8.68. The summed E-state index contributed by atoms with van der Waals surface area (Å²) in [7, 11) is 0. The van der Waals surface area contributed by atoms with Gasteiger partial charge in [0, 0.05) is 25.6 Å². The topological polar surface area (TPSA) is 12.5 Å². The standard InChI is InChI=1S/C11H19NO/c1-11(2)5-3-6-12-7-4-9-13-10-8-12/h11H,4,6-10H2,1-2H3. The lowest BCUT2D eigenvalue weighted by molar-refractivity contribution is 0.143. The highest BCUT2D eigenvalue weighted by Crippen LogP contribution is 1.97. The van der Waals surface area contributed by atoms with Gasteiger partial charge in [-0.25, -0.2) is 0 Å². The van der Waals surface area contributed by atoms with Gasteiger partial charge < -0.3 is 4.74 Å². The van der Waals surface area contributed by atoms with Crippen molar-refractivity contribution in [3.8, 4) is 11.8 Å². The van der Waals surface area contributed by atoms with Gasteiger partial charge in [0.15, 0.2) is 0 Å². The number of ether oxygens (including phenoxy) is 1. The molecule has 0 aromatic rings. The van der Waals surface area contributed by atoms with Crippen molar-refractivity contribution in [3.63, 3.8) is 0 Å². The number of rotatable bonds is 1. The van der Waals surface area contributed by atoms with Crippen LogP contribution in [-0.4, -0.2) is 37.7 Å². The van der Waals surface area contributed by atoms with E-state index < -0.39 is 0 Å². The van der Waals surface area contributed by atoms with Gasteiger partial charge in [0.1, 0.15) is 0 Å². The molecule has 1 saturated heterocycles. The molecule has 0 aromatic heterocycles. The lowest BCUT2D eigenvalue weighted by Crippen LogP contribution is -2.26. The molecule has 1 aliphatic heterocycles. The van der Waals surface area contributed by atoms with Gasteiger partial charge in [-0.3, -0.25) is 4.90 Å². The van der Waals surface area contributed by atoms with Crippen LogP contribution in [0.5, 0.6) is 0 Å². The maximum absolute atomic E-state index is 5.36. The van der Waals surface area contributed by atoms with Crippen molar-refractivity contribution in [2.45, 2.75) is 20.3 Å². The van der Waals surface area contributed by atoms with Gasteiger partial charge in [0.05, 0.1) is 13.2 Å². The summed E-state index contributed by atoms with van der Waals surface area (Å²) in [5.41, 5.74) is 0. The smallest absolute Gasteiger partial charge is 0.0602 e. The van der Waals surface area contributed by atoms with Gasteiger partial charge in [-0.2, -0.15) is 0 Å². The Morgan fingerprint density at radius 2 is 2.15 bits per heavy atom. The SMILES string of the molecule is CC(C)C#CCN1CCCOCC1. The molecule has 0 spiro atoms. The minimum absolute atomic E-state index is 0.489. The van der Waals surface area contributed by atoms with E-state index in [1.54, 1.807) is 0 Å². The summed E-state index contributed by atoms with van der Waals surface area (Å²) in [6.45, 7) is 9.09. The zero-order valence-electron chi connectivity index (χ0n) is 8.68. The van der Waals surface area contributed by atoms with E-state index in [0.29, 0.717) is 5.92 Å². The van der Waals surface area contributed by atoms with Gasteiger partial charge in [-0.1, -0.05) is 25.7 Å². The molecule has 2 nitrogen and oxygen atoms in total. The van der Waals surface area contributed by atoms with Crippen LogP contribution in [0.15, 0.2) is 0 Å². The summed E-state index contributed by atoms with van der Waals surface area (Å²) >= 11 is 0. The summed E-state index contributed by atoms with van der Waals surface area (Å²) in [5.74, 6) is 6.87. The molecule has 0 radical (unpaired) electrons. The Bertz CT molecular complexity index is 182. The normalized spacial score (nSPS) is 19.3. The molecule has 1 aliphatic rings. The Kier molecular flexibility index (Phi) is 4.88. The van der Waals surface area contributed by atoms with Crippen molar-refractivity contribution in [1.82, 2.24) is 4.90 Å². The molecule has 0 aromatic carbocycles. The van der Waals surface area contributed by atoms with Crippen LogP contribution in [0.4, 0.5) is 0 Å². The third kappa shape index (κ3) is 4.92. The van der Waals surface area contributed by atoms with Gasteiger partial charge in [-0.05, 0) is 6.42 Å². The van der Waals surface area contributed by atoms with E-state index in [4.69, 9.17) is 4.74 Å². The Labute approximate surface area is 81.3 Å². The maximum Gasteiger partial charge on any atom is 0.0602 e. The van der Waals surface area contributed by atoms with E-state index in [1.165, 1.54) is 0 Å². The molecule has 0 saturated carbocycles. The molecular weight excluding hydrogens is 162 g/mol. The van der Waals surface area contributed by atoms with E-state index in [0.717, 1.165) is 39.3 Å². The second-order valence-electron chi connectivity index (χ2n) is 3.72. The molecular formula is C11H19NO. The molecule has 2 heteroatoms. The molecule has 74 valence electrons. The Morgan fingerprint density at radius 3 is 2.92 bits per heavy atom. The predicted molar refractivity (Wildman–Crippen MR) is 54.5 cm³/mol. The third-order valence-corrected chi connectivity index (χ3v) is 2.01. The molecule has 0 atom stereocenters. The largest absolute Gasteiger partial charge is 0.380 e. The first-order valence-corrected chi connectivity index (χ1v) is 5.07. The highest BCUT2D eigenvalue weighted by atomic mass is 16.5. The monoisotopic (exact) mass is 181 g/mol. The van der Waals surface area contributed by atoms with Crippen LogP contribution in [0, 0.1) is 17.8 Å². The van der Waals surface area contributed by atoms with Crippen molar-refractivity contribution < 1.29 is 4.74 Å². The van der Waals surface area contributed by atoms with Crippen molar-refractivity contribution in [3.05, 3.63) is 0 Å². The lowest BCUT2D eigenvalue weighted by atomic mass is 10.2. The molecule has 0 bridgehead atoms. The minimum Gasteiger partial charge on any atom is -0.380 e. The summed E-state index contributed by atoms with van der Waals surface area (Å²) in [6, 6.07) is 0. The Morgan fingerprint density at radius 1 is 1.31 bits per heavy atom. The number of nitrogens with zero attached hydrogens (tertiary/aromatic N) is 1. The Hall–Kier alpha value is -0.520. The average molecular weight is 181 g/mol. The van der Waals surface area contributed by atoms with Crippen molar-refractivity contribution >= 4 is 0 Å². The van der Waals surface area contributed by atoms with E-state index in [-0.39, 0.29) is 0 Å². The van der Waals surface area contributed by atoms with Crippen LogP contribution in [0.25, 0.3) is 0 Å². The fourth-order valence-electron chi connectivity index (χ4n) is 1.32. The predicted octanol–water partition coefficient (Wildman–Crippen LogP) is 1.37. The summed E-state index contributed by atoms with van der Waals surface area (Å²) in [4.78, 5) is 2.36. The Balaban J connectivity index is 2.23. The first kappa shape index (κ1) is 10.6. The van der Waals surface area contributed by atoms with E-state index >= 15 is 0 Å². The second-order valence-corrected chi connectivity index (χ2v) is 3.72. The zero-order chi connectivity index (χ0) is 9.52. The molecule has 1 fully saturated rings. The number of hydrogen-bond donors (Lipinski definition) is 0. The van der Waals surface area contributed by atoms with E-state index in [2.05, 4.69) is 30.6 Å². The summed E-state index contributed by atoms with van der Waals surface area (Å²) in [5, 5.41) is 0. The third-order valence-electron chi connectivity index (χ3n) is 2.01. The summed E-state index contributed by atoms with van der Waals surface area (Å²) in [6.07, 6.45) is 1.14. The molecule has 1 heterocycles. The molecule has 0 unspecified atom stereocenters. The van der Waals surface area contributed by atoms with Crippen LogP contribution in [0.3, 0.4) is 0 Å². The highest BCUT2D eigenvalue weighted by Gasteiger charge is 2.06. The molecule has 13 heavy (non-hydrogen) atoms. The summed E-state index contributed by atoms with van der Waals surface area (Å²) < 4.78 is 5.36. The lowest BCUT2D eigenvalue weighted by Gasteiger charge is -2.14. The molecule has 0 aliphatic carbocycles. The molecule has 1 rings (SSSR count). The fourth-order valence-corrected chi connectivity index (χ4v) is 1.32. The van der Waals surface area contributed by atoms with Crippen LogP contribution in [-0.2, 0) is 4.74 Å². The van der Waals surface area contributed by atoms with Crippen LogP contribution in [0.2, 0.25) is 0 Å². The van der Waals surface area contributed by atoms with Gasteiger partial charge in [0.25, 0.3) is 0 Å². The van der Waals surface area contributed by atoms with Crippen LogP contribution >= 0.6 is 0 Å². The van der Waals surface area contributed by atoms with Crippen molar-refractivity contribution in [2.24, 2.45) is 5.92 Å². The van der Waals surface area contributed by atoms with Crippen molar-refractivity contribution in [1.29, 1.82) is 0 Å². The van der Waals surface area contributed by atoms with E-state index in [1.807, 2.05) is 0 Å². The average Bonchev–Trinajstić information content (AvgIpc) is 2.32. The highest BCUT2D eigenvalue weighted by molar-refractivity contribution is 5.03. The van der Waals surface area contributed by atoms with E-state index in [9.17, 15) is 0 Å². The first-order valence-electron chi connectivity index (χ1n) is 5.07. The number of hydrogen-bond acceptors (Lipinski definition) is 2. The quantitative estimate of drug-likeness (QED) is 0.566. The second kappa shape index (κ2) is 6.01. The van der Waals surface area contributed by atoms with Crippen LogP contribution < -0.4 is 0 Å². The first-order chi connectivity index (χ1) is 6.29. The van der Waals surface area contributed by atoms with Crippen molar-refractivity contribution in [2.75, 3.05) is 32.8 Å². The maximum atomic E-state index is 5.36. The van der Waals surface area contributed by atoms with Gasteiger partial charge in [0.2, 0.25) is 0 Å².